The molecule has 0 unspecified atom stereocenters. The van der Waals surface area contributed by atoms with E-state index in [1.807, 2.05) is 71.5 Å². The molecule has 1 aliphatic rings. The smallest absolute Gasteiger partial charge is 0.151 e. The fraction of sp³-hybridized carbons (Fsp3) is 0.259. The Kier molecular flexibility index (Phi) is 5.82. The van der Waals surface area contributed by atoms with Gasteiger partial charge in [-0.05, 0) is 37.7 Å². The van der Waals surface area contributed by atoms with Crippen LogP contribution in [-0.2, 0) is 0 Å². The van der Waals surface area contributed by atoms with Crippen molar-refractivity contribution < 1.29 is 9.50 Å². The molecule has 0 atom stereocenters. The van der Waals surface area contributed by atoms with Crippen molar-refractivity contribution in [3.63, 3.8) is 0 Å². The van der Waals surface area contributed by atoms with Crippen LogP contribution in [0.25, 0.3) is 10.9 Å². The molecule has 0 bridgehead atoms. The standard InChI is InChI=1S/C27H26FN3O/c28-24-16-25-22(17-31(30-25)23-13-11-19(18-32)12-14-23)15-26(24)29-27(20-7-3-1-4-8-20)21-9-5-2-6-10-21/h1-10,15-17,19,23,32H,11-14,18H2. The summed E-state index contributed by atoms with van der Waals surface area (Å²) in [6.07, 6.45) is 5.97. The van der Waals surface area contributed by atoms with Gasteiger partial charge in [0.25, 0.3) is 0 Å². The Morgan fingerprint density at radius 1 is 0.938 bits per heavy atom. The number of aliphatic hydroxyl groups is 1. The first-order valence-electron chi connectivity index (χ1n) is 11.2. The molecule has 1 aliphatic carbocycles. The molecule has 0 aliphatic heterocycles. The van der Waals surface area contributed by atoms with Gasteiger partial charge in [-0.25, -0.2) is 9.38 Å². The molecule has 1 aromatic heterocycles. The summed E-state index contributed by atoms with van der Waals surface area (Å²) in [5.74, 6) is 0.0140. The highest BCUT2D eigenvalue weighted by Crippen LogP contribution is 2.33. The Morgan fingerprint density at radius 2 is 1.56 bits per heavy atom. The molecule has 5 heteroatoms. The van der Waals surface area contributed by atoms with Crippen molar-refractivity contribution in [1.82, 2.24) is 9.78 Å². The number of benzene rings is 3. The maximum Gasteiger partial charge on any atom is 0.151 e. The quantitative estimate of drug-likeness (QED) is 0.393. The van der Waals surface area contributed by atoms with Crippen LogP contribution >= 0.6 is 0 Å². The molecule has 0 amide bonds. The predicted molar refractivity (Wildman–Crippen MR) is 126 cm³/mol. The van der Waals surface area contributed by atoms with E-state index in [0.29, 0.717) is 23.2 Å². The van der Waals surface area contributed by atoms with Gasteiger partial charge in [0.05, 0.1) is 17.3 Å². The highest BCUT2D eigenvalue weighted by molar-refractivity contribution is 6.14. The third kappa shape index (κ3) is 4.21. The lowest BCUT2D eigenvalue weighted by atomic mass is 9.87. The minimum Gasteiger partial charge on any atom is -0.396 e. The molecule has 4 nitrogen and oxygen atoms in total. The molecule has 1 heterocycles. The van der Waals surface area contributed by atoms with Crippen molar-refractivity contribution in [2.24, 2.45) is 10.9 Å². The Hall–Kier alpha value is -3.31. The van der Waals surface area contributed by atoms with Gasteiger partial charge in [0, 0.05) is 35.4 Å². The number of hydrogen-bond donors (Lipinski definition) is 1. The lowest BCUT2D eigenvalue weighted by Gasteiger charge is -2.27. The molecular weight excluding hydrogens is 401 g/mol. The van der Waals surface area contributed by atoms with E-state index in [4.69, 9.17) is 4.99 Å². The molecule has 3 aromatic carbocycles. The number of nitrogens with zero attached hydrogens (tertiary/aromatic N) is 3. The van der Waals surface area contributed by atoms with Crippen molar-refractivity contribution in [2.45, 2.75) is 31.7 Å². The number of halogens is 1. The van der Waals surface area contributed by atoms with Gasteiger partial charge < -0.3 is 5.11 Å². The van der Waals surface area contributed by atoms with Crippen molar-refractivity contribution in [3.8, 4) is 0 Å². The Balaban J connectivity index is 1.53. The van der Waals surface area contributed by atoms with Crippen LogP contribution in [0.3, 0.4) is 0 Å². The summed E-state index contributed by atoms with van der Waals surface area (Å²) in [5, 5.41) is 14.9. The first-order chi connectivity index (χ1) is 15.7. The summed E-state index contributed by atoms with van der Waals surface area (Å²) >= 11 is 0. The normalized spacial score (nSPS) is 18.6. The van der Waals surface area contributed by atoms with E-state index in [-0.39, 0.29) is 12.4 Å². The van der Waals surface area contributed by atoms with Crippen molar-refractivity contribution >= 4 is 22.3 Å². The fourth-order valence-electron chi connectivity index (χ4n) is 4.53. The molecule has 162 valence electrons. The maximum absolute atomic E-state index is 15.1. The van der Waals surface area contributed by atoms with Crippen molar-refractivity contribution in [3.05, 3.63) is 95.9 Å². The van der Waals surface area contributed by atoms with Crippen LogP contribution in [0.2, 0.25) is 0 Å². The zero-order valence-corrected chi connectivity index (χ0v) is 17.9. The van der Waals surface area contributed by atoms with Crippen LogP contribution in [0, 0.1) is 11.7 Å². The molecule has 4 aromatic rings. The molecule has 0 spiro atoms. The largest absolute Gasteiger partial charge is 0.396 e. The van der Waals surface area contributed by atoms with Gasteiger partial charge in [0.15, 0.2) is 5.82 Å². The summed E-state index contributed by atoms with van der Waals surface area (Å²) in [7, 11) is 0. The Bertz CT molecular complexity index is 1180. The summed E-state index contributed by atoms with van der Waals surface area (Å²) in [5.41, 5.74) is 3.57. The molecular formula is C27H26FN3O. The first-order valence-corrected chi connectivity index (χ1v) is 11.2. The minimum atomic E-state index is -0.379. The SMILES string of the molecule is OCC1CCC(n2cc3cc(N=C(c4ccccc4)c4ccccc4)c(F)cc3n2)CC1. The van der Waals surface area contributed by atoms with Gasteiger partial charge in [-0.2, -0.15) is 5.10 Å². The lowest BCUT2D eigenvalue weighted by molar-refractivity contribution is 0.165. The maximum atomic E-state index is 15.1. The van der Waals surface area contributed by atoms with Crippen molar-refractivity contribution in [2.75, 3.05) is 6.61 Å². The van der Waals surface area contributed by atoms with E-state index in [2.05, 4.69) is 5.10 Å². The molecule has 1 fully saturated rings. The topological polar surface area (TPSA) is 50.4 Å². The third-order valence-electron chi connectivity index (χ3n) is 6.37. The fourth-order valence-corrected chi connectivity index (χ4v) is 4.53. The van der Waals surface area contributed by atoms with Gasteiger partial charge in [0.2, 0.25) is 0 Å². The molecule has 5 rings (SSSR count). The molecule has 0 radical (unpaired) electrons. The van der Waals surface area contributed by atoms with Gasteiger partial charge >= 0.3 is 0 Å². The first kappa shape index (κ1) is 20.6. The number of aliphatic hydroxyl groups excluding tert-OH is 1. The second-order valence-electron chi connectivity index (χ2n) is 8.52. The summed E-state index contributed by atoms with van der Waals surface area (Å²) in [4.78, 5) is 4.77. The summed E-state index contributed by atoms with van der Waals surface area (Å²) < 4.78 is 17.0. The van der Waals surface area contributed by atoms with E-state index >= 15 is 4.39 Å². The Morgan fingerprint density at radius 3 is 2.16 bits per heavy atom. The highest BCUT2D eigenvalue weighted by Gasteiger charge is 2.23. The third-order valence-corrected chi connectivity index (χ3v) is 6.37. The second kappa shape index (κ2) is 9.05. The monoisotopic (exact) mass is 427 g/mol. The zero-order valence-electron chi connectivity index (χ0n) is 17.9. The number of aliphatic imine (C=N–C) groups is 1. The van der Waals surface area contributed by atoms with Gasteiger partial charge in [-0.1, -0.05) is 60.7 Å². The van der Waals surface area contributed by atoms with Crippen LogP contribution in [0.5, 0.6) is 0 Å². The van der Waals surface area contributed by atoms with Gasteiger partial charge in [-0.15, -0.1) is 0 Å². The van der Waals surface area contributed by atoms with Gasteiger partial charge in [0.1, 0.15) is 5.69 Å². The second-order valence-corrected chi connectivity index (χ2v) is 8.52. The van der Waals surface area contributed by atoms with E-state index in [1.165, 1.54) is 6.07 Å². The van der Waals surface area contributed by atoms with E-state index in [9.17, 15) is 5.11 Å². The highest BCUT2D eigenvalue weighted by atomic mass is 19.1. The average molecular weight is 428 g/mol. The predicted octanol–water partition coefficient (Wildman–Crippen LogP) is 6.07. The number of rotatable bonds is 5. The van der Waals surface area contributed by atoms with Gasteiger partial charge in [-0.3, -0.25) is 4.68 Å². The number of hydrogen-bond acceptors (Lipinski definition) is 3. The van der Waals surface area contributed by atoms with Crippen molar-refractivity contribution in [1.29, 1.82) is 0 Å². The lowest BCUT2D eigenvalue weighted by Crippen LogP contribution is -2.20. The van der Waals surface area contributed by atoms with E-state index < -0.39 is 0 Å². The molecule has 1 N–H and O–H groups in total. The van der Waals surface area contributed by atoms with Crippen LogP contribution in [-0.4, -0.2) is 27.2 Å². The number of fused-ring (bicyclic) bond motifs is 1. The molecule has 1 saturated carbocycles. The van der Waals surface area contributed by atoms with Crippen LogP contribution in [0.4, 0.5) is 10.1 Å². The summed E-state index contributed by atoms with van der Waals surface area (Å²) in [6, 6.07) is 23.3. The van der Waals surface area contributed by atoms with Crippen LogP contribution < -0.4 is 0 Å². The van der Waals surface area contributed by atoms with Crippen LogP contribution in [0.15, 0.2) is 84.0 Å². The number of aromatic nitrogens is 2. The average Bonchev–Trinajstić information content (AvgIpc) is 3.26. The zero-order chi connectivity index (χ0) is 21.9. The van der Waals surface area contributed by atoms with E-state index in [1.54, 1.807) is 6.07 Å². The molecule has 32 heavy (non-hydrogen) atoms. The summed E-state index contributed by atoms with van der Waals surface area (Å²) in [6.45, 7) is 0.255. The molecule has 0 saturated heterocycles. The van der Waals surface area contributed by atoms with E-state index in [0.717, 1.165) is 47.9 Å². The minimum absolute atomic E-state index is 0.255. The Labute approximate surface area is 187 Å². The van der Waals surface area contributed by atoms with Crippen LogP contribution in [0.1, 0.15) is 42.9 Å².